The third-order valence-electron chi connectivity index (χ3n) is 4.35. The Morgan fingerprint density at radius 3 is 2.38 bits per heavy atom. The fourth-order valence-electron chi connectivity index (χ4n) is 3.26. The Morgan fingerprint density at radius 1 is 0.917 bits per heavy atom. The summed E-state index contributed by atoms with van der Waals surface area (Å²) in [7, 11) is 0. The van der Waals surface area contributed by atoms with Crippen LogP contribution in [0.5, 0.6) is 5.75 Å². The van der Waals surface area contributed by atoms with Gasteiger partial charge in [-0.05, 0) is 50.1 Å². The molecule has 1 heteroatoms. The number of hydrogen-bond acceptors (Lipinski definition) is 1. The average molecular weight is 317 g/mol. The van der Waals surface area contributed by atoms with Gasteiger partial charge in [0.2, 0.25) is 0 Å². The molecule has 0 bridgehead atoms. The summed E-state index contributed by atoms with van der Waals surface area (Å²) in [4.78, 5) is 0. The molecule has 3 aromatic carbocycles. The molecule has 0 fully saturated rings. The van der Waals surface area contributed by atoms with Crippen LogP contribution in [0.4, 0.5) is 0 Å². The Hall–Kier alpha value is -2.28. The lowest BCUT2D eigenvalue weighted by Crippen LogP contribution is -2.09. The number of rotatable bonds is 6. The summed E-state index contributed by atoms with van der Waals surface area (Å²) < 4.78 is 6.51. The van der Waals surface area contributed by atoms with Gasteiger partial charge in [-0.1, -0.05) is 72.6 Å². The molecule has 0 aliphatic carbocycles. The van der Waals surface area contributed by atoms with E-state index in [1.54, 1.807) is 0 Å². The first kappa shape index (κ1) is 16.6. The maximum absolute atomic E-state index is 6.51. The Labute approximate surface area is 145 Å². The second-order valence-corrected chi connectivity index (χ2v) is 6.49. The largest absolute Gasteiger partial charge is 0.485 e. The van der Waals surface area contributed by atoms with Crippen LogP contribution in [-0.2, 0) is 0 Å². The number of aryl methyl sites for hydroxylation is 2. The molecule has 3 rings (SSSR count). The molecule has 3 aromatic rings. The van der Waals surface area contributed by atoms with Crippen molar-refractivity contribution in [2.75, 3.05) is 0 Å². The first-order chi connectivity index (χ1) is 11.7. The highest BCUT2D eigenvalue weighted by Gasteiger charge is 2.15. The highest BCUT2D eigenvalue weighted by molar-refractivity contribution is 5.88. The number of hydrogen-bond donors (Lipinski definition) is 0. The Balaban J connectivity index is 1.96. The van der Waals surface area contributed by atoms with Crippen LogP contribution in [0.1, 0.15) is 42.6 Å². The second kappa shape index (κ2) is 7.53. The zero-order valence-electron chi connectivity index (χ0n) is 14.8. The average Bonchev–Trinajstić information content (AvgIpc) is 2.58. The summed E-state index contributed by atoms with van der Waals surface area (Å²) in [5.41, 5.74) is 3.84. The molecule has 0 saturated carbocycles. The maximum atomic E-state index is 6.51. The van der Waals surface area contributed by atoms with Crippen molar-refractivity contribution in [1.82, 2.24) is 0 Å². The quantitative estimate of drug-likeness (QED) is 0.499. The Kier molecular flexibility index (Phi) is 5.20. The van der Waals surface area contributed by atoms with Gasteiger partial charge in [0.05, 0.1) is 0 Å². The molecule has 1 unspecified atom stereocenters. The molecule has 1 nitrogen and oxygen atoms in total. The first-order valence-electron chi connectivity index (χ1n) is 8.68. The maximum Gasteiger partial charge on any atom is 0.128 e. The molecule has 0 aliphatic rings. The van der Waals surface area contributed by atoms with E-state index in [4.69, 9.17) is 4.74 Å². The van der Waals surface area contributed by atoms with Gasteiger partial charge in [-0.25, -0.2) is 0 Å². The Morgan fingerprint density at radius 2 is 1.62 bits per heavy atom. The van der Waals surface area contributed by atoms with E-state index in [-0.39, 0.29) is 6.10 Å². The third-order valence-corrected chi connectivity index (χ3v) is 4.35. The van der Waals surface area contributed by atoms with Crippen LogP contribution < -0.4 is 4.74 Å². The minimum Gasteiger partial charge on any atom is -0.485 e. The molecule has 1 radical (unpaired) electrons. The van der Waals surface area contributed by atoms with Gasteiger partial charge in [-0.3, -0.25) is 0 Å². The summed E-state index contributed by atoms with van der Waals surface area (Å²) in [5, 5.41) is 2.39. The van der Waals surface area contributed by atoms with E-state index in [9.17, 15) is 0 Å². The van der Waals surface area contributed by atoms with Crippen molar-refractivity contribution in [3.05, 3.63) is 83.8 Å². The van der Waals surface area contributed by atoms with Crippen molar-refractivity contribution in [1.29, 1.82) is 0 Å². The van der Waals surface area contributed by atoms with Crippen molar-refractivity contribution in [2.45, 2.75) is 39.7 Å². The summed E-state index contributed by atoms with van der Waals surface area (Å²) >= 11 is 0. The minimum atomic E-state index is 0.0746. The van der Waals surface area contributed by atoms with Crippen molar-refractivity contribution in [3.8, 4) is 5.75 Å². The predicted octanol–water partition coefficient (Wildman–Crippen LogP) is 6.58. The monoisotopic (exact) mass is 317 g/mol. The van der Waals surface area contributed by atoms with E-state index in [0.717, 1.165) is 18.6 Å². The van der Waals surface area contributed by atoms with Gasteiger partial charge in [0.25, 0.3) is 0 Å². The van der Waals surface area contributed by atoms with E-state index in [1.807, 2.05) is 0 Å². The lowest BCUT2D eigenvalue weighted by molar-refractivity contribution is 0.197. The standard InChI is InChI=1S/C23H25O/c1-4-5-12-22(20-15-17(2)14-18(3)16-20)24-23-13-8-10-19-9-6-7-11-21(19)23/h4,6-11,13-16,22H,5,12H2,1-3H3. The van der Waals surface area contributed by atoms with E-state index in [1.165, 1.54) is 27.5 Å². The van der Waals surface area contributed by atoms with E-state index < -0.39 is 0 Å². The van der Waals surface area contributed by atoms with Gasteiger partial charge >= 0.3 is 0 Å². The highest BCUT2D eigenvalue weighted by Crippen LogP contribution is 2.32. The highest BCUT2D eigenvalue weighted by atomic mass is 16.5. The van der Waals surface area contributed by atoms with E-state index in [0.29, 0.717) is 0 Å². The van der Waals surface area contributed by atoms with Gasteiger partial charge in [0.15, 0.2) is 0 Å². The van der Waals surface area contributed by atoms with E-state index >= 15 is 0 Å². The third kappa shape index (κ3) is 3.79. The smallest absolute Gasteiger partial charge is 0.128 e. The molecule has 1 atom stereocenters. The van der Waals surface area contributed by atoms with Gasteiger partial charge in [0.1, 0.15) is 11.9 Å². The van der Waals surface area contributed by atoms with Crippen LogP contribution in [-0.4, -0.2) is 0 Å². The number of ether oxygens (including phenoxy) is 1. The van der Waals surface area contributed by atoms with Gasteiger partial charge < -0.3 is 4.74 Å². The minimum absolute atomic E-state index is 0.0746. The van der Waals surface area contributed by atoms with Gasteiger partial charge in [-0.15, -0.1) is 0 Å². The van der Waals surface area contributed by atoms with Crippen LogP contribution in [0.2, 0.25) is 0 Å². The van der Waals surface area contributed by atoms with Crippen LogP contribution in [0.15, 0.2) is 60.7 Å². The first-order valence-corrected chi connectivity index (χ1v) is 8.68. The molecule has 0 amide bonds. The summed E-state index contributed by atoms with van der Waals surface area (Å²) in [6.07, 6.45) is 4.32. The predicted molar refractivity (Wildman–Crippen MR) is 102 cm³/mol. The topological polar surface area (TPSA) is 9.23 Å². The fourth-order valence-corrected chi connectivity index (χ4v) is 3.26. The molecule has 0 saturated heterocycles. The lowest BCUT2D eigenvalue weighted by Gasteiger charge is -2.21. The zero-order valence-corrected chi connectivity index (χ0v) is 14.8. The molecule has 0 aliphatic heterocycles. The summed E-state index contributed by atoms with van der Waals surface area (Å²) in [6, 6.07) is 21.4. The normalized spacial score (nSPS) is 12.3. The second-order valence-electron chi connectivity index (χ2n) is 6.49. The van der Waals surface area contributed by atoms with Crippen molar-refractivity contribution in [3.63, 3.8) is 0 Å². The summed E-state index contributed by atoms with van der Waals surface area (Å²) in [6.45, 7) is 6.41. The van der Waals surface area contributed by atoms with Crippen molar-refractivity contribution >= 4 is 10.8 Å². The van der Waals surface area contributed by atoms with Crippen molar-refractivity contribution in [2.24, 2.45) is 0 Å². The van der Waals surface area contributed by atoms with Crippen LogP contribution in [0.3, 0.4) is 0 Å². The molecule has 0 heterocycles. The van der Waals surface area contributed by atoms with Crippen LogP contribution >= 0.6 is 0 Å². The SMILES string of the molecule is C[CH]CCC(Oc1cccc2ccccc12)c1cc(C)cc(C)c1. The number of fused-ring (bicyclic) bond motifs is 1. The number of benzene rings is 3. The molecule has 0 N–H and O–H groups in total. The molecule has 0 aromatic heterocycles. The molecule has 24 heavy (non-hydrogen) atoms. The molecular weight excluding hydrogens is 292 g/mol. The lowest BCUT2D eigenvalue weighted by atomic mass is 9.99. The molecular formula is C23H25O. The van der Waals surface area contributed by atoms with Gasteiger partial charge in [-0.2, -0.15) is 0 Å². The van der Waals surface area contributed by atoms with E-state index in [2.05, 4.69) is 87.9 Å². The Bertz CT molecular complexity index is 794. The van der Waals surface area contributed by atoms with Gasteiger partial charge in [0, 0.05) is 5.39 Å². The zero-order chi connectivity index (χ0) is 16.9. The van der Waals surface area contributed by atoms with Crippen LogP contribution in [0, 0.1) is 20.3 Å². The summed E-state index contributed by atoms with van der Waals surface area (Å²) in [5.74, 6) is 0.966. The fraction of sp³-hybridized carbons (Fsp3) is 0.261. The van der Waals surface area contributed by atoms with Crippen LogP contribution in [0.25, 0.3) is 10.8 Å². The molecule has 0 spiro atoms. The van der Waals surface area contributed by atoms with Crippen molar-refractivity contribution < 1.29 is 4.74 Å². The number of unbranched alkanes of at least 4 members (excludes halogenated alkanes) is 1. The molecule has 123 valence electrons.